The SMILES string of the molecule is CCCCCCCCCCCCN1/C(=C\C2=C(O)C(=C\c3sc4ccc(Cl)cc4[n+]3CCCCCCCCCCCC)/C2=O)Sc2ccc(Cl)cc21. The number of unbranched alkanes of at least 4 members (excludes halogenated alkanes) is 18. The van der Waals surface area contributed by atoms with Gasteiger partial charge in [-0.25, -0.2) is 0 Å². The van der Waals surface area contributed by atoms with Crippen molar-refractivity contribution in [1.82, 2.24) is 0 Å². The first kappa shape index (κ1) is 40.9. The Morgan fingerprint density at radius 1 is 0.712 bits per heavy atom. The highest BCUT2D eigenvalue weighted by Gasteiger charge is 2.36. The van der Waals surface area contributed by atoms with Gasteiger partial charge in [0.15, 0.2) is 6.54 Å². The lowest BCUT2D eigenvalue weighted by Gasteiger charge is -2.23. The van der Waals surface area contributed by atoms with E-state index >= 15 is 0 Å². The summed E-state index contributed by atoms with van der Waals surface area (Å²) in [4.78, 5) is 17.1. The predicted molar refractivity (Wildman–Crippen MR) is 226 cm³/mol. The summed E-state index contributed by atoms with van der Waals surface area (Å²) >= 11 is 16.2. The van der Waals surface area contributed by atoms with E-state index in [4.69, 9.17) is 23.2 Å². The molecule has 5 rings (SSSR count). The number of allylic oxidation sites excluding steroid dienone is 3. The van der Waals surface area contributed by atoms with Crippen LogP contribution in [-0.4, -0.2) is 17.4 Å². The van der Waals surface area contributed by atoms with Gasteiger partial charge in [-0.1, -0.05) is 169 Å². The number of carbonyl (C=O) groups excluding carboxylic acids is 1. The second-order valence-electron chi connectivity index (χ2n) is 14.6. The molecule has 1 N–H and O–H groups in total. The predicted octanol–water partition coefficient (Wildman–Crippen LogP) is 14.6. The van der Waals surface area contributed by atoms with Crippen LogP contribution in [0.25, 0.3) is 16.3 Å². The highest BCUT2D eigenvalue weighted by atomic mass is 35.5. The van der Waals surface area contributed by atoms with E-state index in [-0.39, 0.29) is 11.5 Å². The fourth-order valence-corrected chi connectivity index (χ4v) is 9.85. The van der Waals surface area contributed by atoms with Gasteiger partial charge in [0.05, 0.1) is 21.9 Å². The van der Waals surface area contributed by atoms with E-state index in [1.165, 1.54) is 116 Å². The Morgan fingerprint density at radius 3 is 1.88 bits per heavy atom. The molecule has 1 aliphatic carbocycles. The van der Waals surface area contributed by atoms with Gasteiger partial charge in [0, 0.05) is 40.0 Å². The zero-order chi connectivity index (χ0) is 36.7. The smallest absolute Gasteiger partial charge is 0.263 e. The molecule has 2 heterocycles. The van der Waals surface area contributed by atoms with E-state index in [2.05, 4.69) is 35.4 Å². The molecule has 4 nitrogen and oxygen atoms in total. The van der Waals surface area contributed by atoms with Crippen molar-refractivity contribution in [3.63, 3.8) is 0 Å². The van der Waals surface area contributed by atoms with Crippen molar-refractivity contribution in [3.05, 3.63) is 79.5 Å². The number of nitrogens with zero attached hydrogens (tertiary/aromatic N) is 2. The highest BCUT2D eigenvalue weighted by Crippen LogP contribution is 2.48. The summed E-state index contributed by atoms with van der Waals surface area (Å²) in [5, 5.41) is 14.7. The normalized spacial score (nSPS) is 15.8. The van der Waals surface area contributed by atoms with E-state index in [1.807, 2.05) is 36.4 Å². The molecule has 2 aliphatic rings. The lowest BCUT2D eigenvalue weighted by Crippen LogP contribution is -2.35. The van der Waals surface area contributed by atoms with Gasteiger partial charge in [0.1, 0.15) is 10.5 Å². The number of aromatic nitrogens is 1. The van der Waals surface area contributed by atoms with Gasteiger partial charge in [0.2, 0.25) is 11.3 Å². The molecular formula is C44H59Cl2N2O2S2+. The van der Waals surface area contributed by atoms with E-state index in [0.717, 1.165) is 56.8 Å². The third kappa shape index (κ3) is 11.4. The molecule has 0 unspecified atom stereocenters. The van der Waals surface area contributed by atoms with Crippen LogP contribution in [0, 0.1) is 0 Å². The largest absolute Gasteiger partial charge is 0.506 e. The number of rotatable bonds is 24. The maximum Gasteiger partial charge on any atom is 0.263 e. The molecule has 0 spiro atoms. The summed E-state index contributed by atoms with van der Waals surface area (Å²) in [6.07, 6.45) is 29.5. The van der Waals surface area contributed by atoms with Crippen LogP contribution >= 0.6 is 46.3 Å². The number of hydrogen-bond acceptors (Lipinski definition) is 5. The lowest BCUT2D eigenvalue weighted by atomic mass is 9.88. The van der Waals surface area contributed by atoms with Crippen LogP contribution in [0.1, 0.15) is 147 Å². The number of Topliss-reactive ketones (excluding diaryl/α,β-unsaturated/α-hetero) is 1. The molecule has 0 bridgehead atoms. The van der Waals surface area contributed by atoms with Crippen LogP contribution in [-0.2, 0) is 11.3 Å². The molecular weight excluding hydrogens is 724 g/mol. The van der Waals surface area contributed by atoms with E-state index < -0.39 is 0 Å². The number of ketones is 1. The Hall–Kier alpha value is -2.25. The van der Waals surface area contributed by atoms with Gasteiger partial charge >= 0.3 is 0 Å². The van der Waals surface area contributed by atoms with Gasteiger partial charge in [-0.05, 0) is 49.2 Å². The molecule has 1 aromatic heterocycles. The third-order valence-electron chi connectivity index (χ3n) is 10.4. The molecule has 0 atom stereocenters. The maximum atomic E-state index is 13.7. The lowest BCUT2D eigenvalue weighted by molar-refractivity contribution is -0.669. The molecule has 3 aromatic rings. The van der Waals surface area contributed by atoms with Gasteiger partial charge in [-0.2, -0.15) is 4.57 Å². The molecule has 282 valence electrons. The molecule has 52 heavy (non-hydrogen) atoms. The average molecular weight is 783 g/mol. The van der Waals surface area contributed by atoms with Gasteiger partial charge in [-0.15, -0.1) is 0 Å². The number of thioether (sulfide) groups is 1. The van der Waals surface area contributed by atoms with Crippen molar-refractivity contribution in [3.8, 4) is 0 Å². The second kappa shape index (κ2) is 21.6. The van der Waals surface area contributed by atoms with Crippen molar-refractivity contribution in [2.24, 2.45) is 0 Å². The summed E-state index contributed by atoms with van der Waals surface area (Å²) < 4.78 is 3.41. The Kier molecular flexibility index (Phi) is 17.0. The number of aliphatic hydroxyl groups excluding tert-OH is 1. The molecule has 1 aliphatic heterocycles. The topological polar surface area (TPSA) is 44.4 Å². The number of aliphatic hydroxyl groups is 1. The molecule has 8 heteroatoms. The summed E-state index contributed by atoms with van der Waals surface area (Å²) in [6.45, 7) is 6.25. The van der Waals surface area contributed by atoms with Crippen LogP contribution in [0.3, 0.4) is 0 Å². The number of halogens is 2. The fourth-order valence-electron chi connectivity index (χ4n) is 7.30. The van der Waals surface area contributed by atoms with Crippen LogP contribution < -0.4 is 9.47 Å². The molecule has 0 fully saturated rings. The van der Waals surface area contributed by atoms with Crippen molar-refractivity contribution >= 4 is 74.1 Å². The molecule has 0 amide bonds. The van der Waals surface area contributed by atoms with E-state index in [0.29, 0.717) is 21.2 Å². The number of aryl methyl sites for hydroxylation is 1. The zero-order valence-electron chi connectivity index (χ0n) is 31.5. The maximum absolute atomic E-state index is 13.7. The Balaban J connectivity index is 1.23. The second-order valence-corrected chi connectivity index (χ2v) is 17.6. The third-order valence-corrected chi connectivity index (χ3v) is 13.1. The fraction of sp³-hybridized carbons (Fsp3) is 0.545. The number of benzene rings is 2. The van der Waals surface area contributed by atoms with E-state index in [1.54, 1.807) is 23.1 Å². The first-order valence-corrected chi connectivity index (χ1v) is 22.6. The molecule has 0 saturated carbocycles. The van der Waals surface area contributed by atoms with Gasteiger partial charge < -0.3 is 10.0 Å². The number of hydrogen-bond donors (Lipinski definition) is 1. The minimum atomic E-state index is -0.112. The number of thiazole rings is 1. The van der Waals surface area contributed by atoms with Gasteiger partial charge in [0.25, 0.3) is 5.01 Å². The quantitative estimate of drug-likeness (QED) is 0.0558. The summed E-state index contributed by atoms with van der Waals surface area (Å²) in [5.74, 6) is -0.0357. The zero-order valence-corrected chi connectivity index (χ0v) is 34.6. The van der Waals surface area contributed by atoms with Crippen LogP contribution in [0.5, 0.6) is 0 Å². The number of fused-ring (bicyclic) bond motifs is 2. The average Bonchev–Trinajstić information content (AvgIpc) is 3.66. The van der Waals surface area contributed by atoms with Crippen LogP contribution in [0.15, 0.2) is 69.3 Å². The van der Waals surface area contributed by atoms with Crippen molar-refractivity contribution < 1.29 is 14.5 Å². The molecule has 2 aromatic carbocycles. The monoisotopic (exact) mass is 781 g/mol. The van der Waals surface area contributed by atoms with E-state index in [9.17, 15) is 9.90 Å². The Labute approximate surface area is 331 Å². The highest BCUT2D eigenvalue weighted by molar-refractivity contribution is 8.03. The number of carbonyl (C=O) groups is 1. The number of anilines is 1. The minimum absolute atomic E-state index is 0.0759. The summed E-state index contributed by atoms with van der Waals surface area (Å²) in [7, 11) is 0. The Bertz CT molecular complexity index is 1730. The van der Waals surface area contributed by atoms with Crippen molar-refractivity contribution in [2.75, 3.05) is 11.4 Å². The minimum Gasteiger partial charge on any atom is -0.506 e. The van der Waals surface area contributed by atoms with Crippen LogP contribution in [0.4, 0.5) is 5.69 Å². The van der Waals surface area contributed by atoms with Gasteiger partial charge in [-0.3, -0.25) is 4.79 Å². The first-order valence-electron chi connectivity index (χ1n) is 20.2. The van der Waals surface area contributed by atoms with Crippen molar-refractivity contribution in [2.45, 2.75) is 154 Å². The van der Waals surface area contributed by atoms with Crippen molar-refractivity contribution in [1.29, 1.82) is 0 Å². The molecule has 0 saturated heterocycles. The van der Waals surface area contributed by atoms with Crippen LogP contribution in [0.2, 0.25) is 10.0 Å². The standard InChI is InChI=1S/C44H58Cl2N2O2S2/c1-3-5-7-9-11-13-15-17-19-21-27-47-37-29-33(45)23-25-39(37)51-41(47)31-35-43(49)36(44(35)50)32-42-48(38-30-34(46)24-26-40(38)52-42)28-22-20-18-16-14-12-10-8-6-4-2/h23-26,29-32H,3-22,27-28H2,1-2H3/p+1. The summed E-state index contributed by atoms with van der Waals surface area (Å²) in [5.41, 5.74) is 2.93. The first-order chi connectivity index (χ1) is 25.4. The summed E-state index contributed by atoms with van der Waals surface area (Å²) in [6, 6.07) is 12.0. The Morgan fingerprint density at radius 2 is 1.27 bits per heavy atom. The molecule has 0 radical (unpaired) electrons.